The number of nitrogens with one attached hydrogen (secondary N) is 1. The second-order valence-electron chi connectivity index (χ2n) is 6.00. The lowest BCUT2D eigenvalue weighted by atomic mass is 10.1. The molecule has 0 saturated heterocycles. The number of ether oxygens (including phenoxy) is 3. The highest BCUT2D eigenvalue weighted by Gasteiger charge is 2.25. The van der Waals surface area contributed by atoms with E-state index in [4.69, 9.17) is 19.9 Å². The van der Waals surface area contributed by atoms with E-state index < -0.39 is 23.7 Å². The Morgan fingerprint density at radius 3 is 2.43 bits per heavy atom. The van der Waals surface area contributed by atoms with Crippen molar-refractivity contribution in [2.75, 3.05) is 20.0 Å². The van der Waals surface area contributed by atoms with Crippen LogP contribution in [0.15, 0.2) is 18.2 Å². The number of alkyl carbamates (subject to hydrolysis) is 1. The molecule has 1 amide bonds. The minimum atomic E-state index is -0.872. The average Bonchev–Trinajstić information content (AvgIpc) is 2.45. The van der Waals surface area contributed by atoms with E-state index in [2.05, 4.69) is 5.32 Å². The van der Waals surface area contributed by atoms with Gasteiger partial charge in [-0.05, 0) is 38.5 Å². The van der Waals surface area contributed by atoms with Gasteiger partial charge in [0.25, 0.3) is 0 Å². The number of carbonyl (C=O) groups is 2. The topological polar surface area (TPSA) is 99.9 Å². The van der Waals surface area contributed by atoms with Crippen LogP contribution >= 0.6 is 0 Å². The number of benzene rings is 1. The third kappa shape index (κ3) is 6.06. The number of esters is 1. The Labute approximate surface area is 136 Å². The Kier molecular flexibility index (Phi) is 6.24. The first-order valence-electron chi connectivity index (χ1n) is 7.16. The molecule has 0 fully saturated rings. The Morgan fingerprint density at radius 2 is 1.91 bits per heavy atom. The predicted molar refractivity (Wildman–Crippen MR) is 86.3 cm³/mol. The Hall–Kier alpha value is -2.44. The molecule has 0 aromatic heterocycles. The Bertz CT molecular complexity index is 566. The van der Waals surface area contributed by atoms with Crippen molar-refractivity contribution >= 4 is 17.7 Å². The molecule has 0 saturated carbocycles. The molecular formula is C16H24N2O5. The quantitative estimate of drug-likeness (QED) is 0.634. The van der Waals surface area contributed by atoms with Gasteiger partial charge in [0.15, 0.2) is 0 Å². The minimum Gasteiger partial charge on any atom is -0.495 e. The fourth-order valence-corrected chi connectivity index (χ4v) is 1.90. The van der Waals surface area contributed by atoms with Crippen molar-refractivity contribution in [2.45, 2.75) is 38.8 Å². The summed E-state index contributed by atoms with van der Waals surface area (Å²) in [6.45, 7) is 5.22. The highest BCUT2D eigenvalue weighted by atomic mass is 16.6. The molecule has 0 heterocycles. The van der Waals surface area contributed by atoms with Gasteiger partial charge in [-0.25, -0.2) is 9.59 Å². The molecule has 23 heavy (non-hydrogen) atoms. The van der Waals surface area contributed by atoms with Crippen LogP contribution in [-0.4, -0.2) is 37.9 Å². The van der Waals surface area contributed by atoms with E-state index in [1.165, 1.54) is 14.2 Å². The SMILES string of the molecule is COC(=O)C(Cc1ccc(N)c(OC)c1)NC(=O)OC(C)(C)C. The fourth-order valence-electron chi connectivity index (χ4n) is 1.90. The van der Waals surface area contributed by atoms with Crippen LogP contribution < -0.4 is 15.8 Å². The number of hydrogen-bond donors (Lipinski definition) is 2. The number of hydrogen-bond acceptors (Lipinski definition) is 6. The van der Waals surface area contributed by atoms with Gasteiger partial charge in [0.2, 0.25) is 0 Å². The van der Waals surface area contributed by atoms with Gasteiger partial charge in [-0.3, -0.25) is 0 Å². The van der Waals surface area contributed by atoms with Gasteiger partial charge in [-0.1, -0.05) is 6.07 Å². The molecule has 7 heteroatoms. The summed E-state index contributed by atoms with van der Waals surface area (Å²) in [6.07, 6.45) is -0.460. The van der Waals surface area contributed by atoms with Crippen molar-refractivity contribution in [2.24, 2.45) is 0 Å². The van der Waals surface area contributed by atoms with Crippen molar-refractivity contribution in [3.8, 4) is 5.75 Å². The smallest absolute Gasteiger partial charge is 0.408 e. The molecule has 3 N–H and O–H groups in total. The van der Waals surface area contributed by atoms with Crippen molar-refractivity contribution in [3.05, 3.63) is 23.8 Å². The predicted octanol–water partition coefficient (Wildman–Crippen LogP) is 1.89. The summed E-state index contributed by atoms with van der Waals surface area (Å²) >= 11 is 0. The van der Waals surface area contributed by atoms with Crippen molar-refractivity contribution in [1.29, 1.82) is 0 Å². The minimum absolute atomic E-state index is 0.225. The zero-order chi connectivity index (χ0) is 17.6. The third-order valence-electron chi connectivity index (χ3n) is 2.91. The number of amides is 1. The molecule has 1 unspecified atom stereocenters. The first-order chi connectivity index (χ1) is 10.7. The van der Waals surface area contributed by atoms with E-state index in [0.717, 1.165) is 5.56 Å². The summed E-state index contributed by atoms with van der Waals surface area (Å²) in [5.41, 5.74) is 6.36. The third-order valence-corrected chi connectivity index (χ3v) is 2.91. The summed E-state index contributed by atoms with van der Waals surface area (Å²) < 4.78 is 15.0. The van der Waals surface area contributed by atoms with E-state index in [9.17, 15) is 9.59 Å². The van der Waals surface area contributed by atoms with Crippen LogP contribution in [0.25, 0.3) is 0 Å². The Morgan fingerprint density at radius 1 is 1.26 bits per heavy atom. The van der Waals surface area contributed by atoms with Crippen LogP contribution in [0, 0.1) is 0 Å². The fraction of sp³-hybridized carbons (Fsp3) is 0.500. The highest BCUT2D eigenvalue weighted by Crippen LogP contribution is 2.23. The molecule has 128 valence electrons. The van der Waals surface area contributed by atoms with Crippen LogP contribution in [0.2, 0.25) is 0 Å². The molecule has 1 aromatic rings. The van der Waals surface area contributed by atoms with E-state index in [0.29, 0.717) is 11.4 Å². The first kappa shape index (κ1) is 18.6. The van der Waals surface area contributed by atoms with E-state index >= 15 is 0 Å². The van der Waals surface area contributed by atoms with E-state index in [-0.39, 0.29) is 6.42 Å². The average molecular weight is 324 g/mol. The van der Waals surface area contributed by atoms with Gasteiger partial charge in [0.1, 0.15) is 17.4 Å². The summed E-state index contributed by atoms with van der Waals surface area (Å²) in [5, 5.41) is 2.52. The maximum Gasteiger partial charge on any atom is 0.408 e. The molecule has 1 rings (SSSR count). The van der Waals surface area contributed by atoms with Gasteiger partial charge in [0, 0.05) is 6.42 Å². The molecule has 0 aliphatic rings. The molecule has 0 aliphatic carbocycles. The molecule has 0 spiro atoms. The van der Waals surface area contributed by atoms with Crippen LogP contribution in [0.5, 0.6) is 5.75 Å². The number of methoxy groups -OCH3 is 2. The zero-order valence-electron chi connectivity index (χ0n) is 14.1. The second-order valence-corrected chi connectivity index (χ2v) is 6.00. The summed E-state index contributed by atoms with van der Waals surface area (Å²) in [7, 11) is 2.77. The molecule has 0 bridgehead atoms. The standard InChI is InChI=1S/C16H24N2O5/c1-16(2,3)23-15(20)18-12(14(19)22-5)8-10-6-7-11(17)13(9-10)21-4/h6-7,9,12H,8,17H2,1-5H3,(H,18,20). The van der Waals surface area contributed by atoms with Crippen molar-refractivity contribution in [1.82, 2.24) is 5.32 Å². The largest absolute Gasteiger partial charge is 0.495 e. The molecule has 0 aliphatic heterocycles. The molecular weight excluding hydrogens is 300 g/mol. The lowest BCUT2D eigenvalue weighted by Gasteiger charge is -2.22. The van der Waals surface area contributed by atoms with Gasteiger partial charge >= 0.3 is 12.1 Å². The highest BCUT2D eigenvalue weighted by molar-refractivity contribution is 5.81. The van der Waals surface area contributed by atoms with Crippen LogP contribution in [0.4, 0.5) is 10.5 Å². The van der Waals surface area contributed by atoms with Crippen LogP contribution in [0.3, 0.4) is 0 Å². The Balaban J connectivity index is 2.87. The normalized spacial score (nSPS) is 12.2. The molecule has 0 radical (unpaired) electrons. The van der Waals surface area contributed by atoms with E-state index in [1.54, 1.807) is 39.0 Å². The van der Waals surface area contributed by atoms with Crippen LogP contribution in [-0.2, 0) is 20.7 Å². The lowest BCUT2D eigenvalue weighted by Crippen LogP contribution is -2.45. The molecule has 7 nitrogen and oxygen atoms in total. The van der Waals surface area contributed by atoms with Gasteiger partial charge in [-0.15, -0.1) is 0 Å². The number of rotatable bonds is 5. The number of nitrogens with two attached hydrogens (primary N) is 1. The van der Waals surface area contributed by atoms with Crippen molar-refractivity contribution < 1.29 is 23.8 Å². The molecule has 1 atom stereocenters. The zero-order valence-corrected chi connectivity index (χ0v) is 14.1. The van der Waals surface area contributed by atoms with E-state index in [1.807, 2.05) is 0 Å². The van der Waals surface area contributed by atoms with Gasteiger partial charge in [-0.2, -0.15) is 0 Å². The number of anilines is 1. The summed E-state index contributed by atoms with van der Waals surface area (Å²) in [4.78, 5) is 23.8. The monoisotopic (exact) mass is 324 g/mol. The van der Waals surface area contributed by atoms with Gasteiger partial charge < -0.3 is 25.3 Å². The van der Waals surface area contributed by atoms with Crippen LogP contribution in [0.1, 0.15) is 26.3 Å². The molecule has 1 aromatic carbocycles. The lowest BCUT2D eigenvalue weighted by molar-refractivity contribution is -0.143. The van der Waals surface area contributed by atoms with Gasteiger partial charge in [0.05, 0.1) is 19.9 Å². The number of nitrogen functional groups attached to an aromatic ring is 1. The first-order valence-corrected chi connectivity index (χ1v) is 7.16. The second kappa shape index (κ2) is 7.71. The number of carbonyl (C=O) groups excluding carboxylic acids is 2. The summed E-state index contributed by atoms with van der Waals surface area (Å²) in [6, 6.07) is 4.27. The van der Waals surface area contributed by atoms with Crippen molar-refractivity contribution in [3.63, 3.8) is 0 Å². The summed E-state index contributed by atoms with van der Waals surface area (Å²) in [5.74, 6) is -0.0602. The maximum absolute atomic E-state index is 11.9. The maximum atomic E-state index is 11.9.